The Hall–Kier alpha value is -1.07. The zero-order chi connectivity index (χ0) is 15.2. The van der Waals surface area contributed by atoms with E-state index in [0.717, 1.165) is 55.2 Å². The molecule has 0 radical (unpaired) electrons. The fourth-order valence-electron chi connectivity index (χ4n) is 3.27. The van der Waals surface area contributed by atoms with Crippen LogP contribution in [0.2, 0.25) is 0 Å². The third-order valence-electron chi connectivity index (χ3n) is 4.53. The molecule has 1 aliphatic heterocycles. The summed E-state index contributed by atoms with van der Waals surface area (Å²) >= 11 is 6.42. The van der Waals surface area contributed by atoms with Crippen LogP contribution in [-0.4, -0.2) is 32.5 Å². The molecule has 6 heteroatoms. The summed E-state index contributed by atoms with van der Waals surface area (Å²) in [7, 11) is 1.99. The lowest BCUT2D eigenvalue weighted by molar-refractivity contribution is 0.0295. The van der Waals surface area contributed by atoms with Crippen molar-refractivity contribution < 1.29 is 4.74 Å². The SMILES string of the molecule is CCc1nn(C)c2c1nc(C(C)Cl)n2C1(C)CCOCC1. The topological polar surface area (TPSA) is 44.9 Å². The van der Waals surface area contributed by atoms with Crippen LogP contribution < -0.4 is 0 Å². The van der Waals surface area contributed by atoms with Gasteiger partial charge in [-0.15, -0.1) is 11.6 Å². The molecule has 1 aliphatic rings. The molecule has 0 N–H and O–H groups in total. The van der Waals surface area contributed by atoms with Gasteiger partial charge in [0.05, 0.1) is 11.1 Å². The van der Waals surface area contributed by atoms with Crippen LogP contribution in [0.3, 0.4) is 0 Å². The van der Waals surface area contributed by atoms with Gasteiger partial charge in [0.25, 0.3) is 0 Å². The van der Waals surface area contributed by atoms with Gasteiger partial charge in [-0.05, 0) is 33.1 Å². The van der Waals surface area contributed by atoms with Crippen LogP contribution in [0.1, 0.15) is 50.5 Å². The minimum absolute atomic E-state index is 0.00963. The van der Waals surface area contributed by atoms with Gasteiger partial charge in [-0.3, -0.25) is 4.68 Å². The van der Waals surface area contributed by atoms with Crippen molar-refractivity contribution in [3.63, 3.8) is 0 Å². The first-order chi connectivity index (χ1) is 9.98. The number of aryl methyl sites for hydroxylation is 2. The van der Waals surface area contributed by atoms with Crippen molar-refractivity contribution in [3.8, 4) is 0 Å². The van der Waals surface area contributed by atoms with Crippen LogP contribution in [-0.2, 0) is 23.7 Å². The lowest BCUT2D eigenvalue weighted by Crippen LogP contribution is -2.38. The normalized spacial score (nSPS) is 20.0. The molecule has 21 heavy (non-hydrogen) atoms. The first kappa shape index (κ1) is 14.9. The Kier molecular flexibility index (Phi) is 3.74. The molecule has 1 atom stereocenters. The minimum atomic E-state index is -0.123. The van der Waals surface area contributed by atoms with Crippen molar-refractivity contribution in [1.82, 2.24) is 19.3 Å². The van der Waals surface area contributed by atoms with Crippen LogP contribution in [0, 0.1) is 0 Å². The molecule has 1 fully saturated rings. The summed E-state index contributed by atoms with van der Waals surface area (Å²) in [5.41, 5.74) is 3.11. The predicted molar refractivity (Wildman–Crippen MR) is 83.8 cm³/mol. The molecule has 5 nitrogen and oxygen atoms in total. The van der Waals surface area contributed by atoms with Crippen LogP contribution >= 0.6 is 11.6 Å². The third kappa shape index (κ3) is 2.27. The Morgan fingerprint density at radius 1 is 1.38 bits per heavy atom. The van der Waals surface area contributed by atoms with Gasteiger partial charge < -0.3 is 9.30 Å². The average Bonchev–Trinajstić information content (AvgIpc) is 2.98. The Labute approximate surface area is 130 Å². The number of alkyl halides is 1. The maximum Gasteiger partial charge on any atom is 0.159 e. The summed E-state index contributed by atoms with van der Waals surface area (Å²) in [4.78, 5) is 4.83. The summed E-state index contributed by atoms with van der Waals surface area (Å²) < 4.78 is 9.81. The van der Waals surface area contributed by atoms with Crippen LogP contribution in [0.25, 0.3) is 11.2 Å². The first-order valence-electron chi connectivity index (χ1n) is 7.64. The number of fused-ring (bicyclic) bond motifs is 1. The standard InChI is InChI=1S/C15H23ClN4O/c1-5-11-12-14(19(4)18-11)20(13(17-12)10(2)16)15(3)6-8-21-9-7-15/h10H,5-9H2,1-4H3. The van der Waals surface area contributed by atoms with Gasteiger partial charge in [-0.2, -0.15) is 5.10 Å². The Morgan fingerprint density at radius 2 is 2.05 bits per heavy atom. The highest BCUT2D eigenvalue weighted by molar-refractivity contribution is 6.20. The zero-order valence-electron chi connectivity index (χ0n) is 13.2. The van der Waals surface area contributed by atoms with Crippen molar-refractivity contribution in [2.24, 2.45) is 7.05 Å². The second kappa shape index (κ2) is 5.29. The monoisotopic (exact) mass is 310 g/mol. The largest absolute Gasteiger partial charge is 0.381 e. The van der Waals surface area contributed by atoms with Gasteiger partial charge in [0.2, 0.25) is 0 Å². The molecular weight excluding hydrogens is 288 g/mol. The number of hydrogen-bond donors (Lipinski definition) is 0. The van der Waals surface area contributed by atoms with E-state index in [4.69, 9.17) is 21.3 Å². The molecule has 0 aromatic carbocycles. The molecule has 116 valence electrons. The molecule has 0 saturated carbocycles. The number of nitrogens with zero attached hydrogens (tertiary/aromatic N) is 4. The summed E-state index contributed by atoms with van der Waals surface area (Å²) in [6.07, 6.45) is 2.83. The summed E-state index contributed by atoms with van der Waals surface area (Å²) in [6, 6.07) is 0. The van der Waals surface area contributed by atoms with Gasteiger partial charge in [0.15, 0.2) is 5.65 Å². The summed E-state index contributed by atoms with van der Waals surface area (Å²) in [5.74, 6) is 0.943. The lowest BCUT2D eigenvalue weighted by atomic mass is 9.92. The molecule has 1 saturated heterocycles. The molecular formula is C15H23ClN4O. The molecule has 0 spiro atoms. The van der Waals surface area contributed by atoms with Crippen molar-refractivity contribution in [2.45, 2.75) is 50.9 Å². The quantitative estimate of drug-likeness (QED) is 0.818. The van der Waals surface area contributed by atoms with E-state index in [1.165, 1.54) is 0 Å². The first-order valence-corrected chi connectivity index (χ1v) is 8.08. The molecule has 0 aliphatic carbocycles. The number of halogens is 1. The van der Waals surface area contributed by atoms with E-state index in [9.17, 15) is 0 Å². The fraction of sp³-hybridized carbons (Fsp3) is 0.733. The predicted octanol–water partition coefficient (Wildman–Crippen LogP) is 3.16. The fourth-order valence-corrected chi connectivity index (χ4v) is 3.41. The van der Waals surface area contributed by atoms with E-state index < -0.39 is 0 Å². The highest BCUT2D eigenvalue weighted by atomic mass is 35.5. The molecule has 3 heterocycles. The van der Waals surface area contributed by atoms with Crippen molar-refractivity contribution in [2.75, 3.05) is 13.2 Å². The Balaban J connectivity index is 2.27. The maximum absolute atomic E-state index is 6.42. The highest BCUT2D eigenvalue weighted by Crippen LogP contribution is 2.37. The van der Waals surface area contributed by atoms with E-state index in [0.29, 0.717) is 0 Å². The van der Waals surface area contributed by atoms with Crippen LogP contribution in [0.15, 0.2) is 0 Å². The molecule has 0 amide bonds. The number of ether oxygens (including phenoxy) is 1. The van der Waals surface area contributed by atoms with Gasteiger partial charge in [-0.25, -0.2) is 4.98 Å². The third-order valence-corrected chi connectivity index (χ3v) is 4.73. The molecule has 3 rings (SSSR count). The van der Waals surface area contributed by atoms with Crippen molar-refractivity contribution >= 4 is 22.8 Å². The van der Waals surface area contributed by atoms with Crippen molar-refractivity contribution in [1.29, 1.82) is 0 Å². The molecule has 2 aromatic rings. The molecule has 1 unspecified atom stereocenters. The number of rotatable bonds is 3. The smallest absolute Gasteiger partial charge is 0.159 e. The lowest BCUT2D eigenvalue weighted by Gasteiger charge is -2.37. The van der Waals surface area contributed by atoms with E-state index in [2.05, 4.69) is 23.5 Å². The molecule has 0 bridgehead atoms. The number of imidazole rings is 1. The van der Waals surface area contributed by atoms with Gasteiger partial charge in [0, 0.05) is 25.8 Å². The second-order valence-electron chi connectivity index (χ2n) is 6.13. The van der Waals surface area contributed by atoms with Gasteiger partial charge >= 0.3 is 0 Å². The highest BCUT2D eigenvalue weighted by Gasteiger charge is 2.35. The Bertz CT molecular complexity index is 652. The van der Waals surface area contributed by atoms with Gasteiger partial charge in [-0.1, -0.05) is 6.92 Å². The number of aromatic nitrogens is 4. The summed E-state index contributed by atoms with van der Waals surface area (Å²) in [6.45, 7) is 7.94. The maximum atomic E-state index is 6.42. The zero-order valence-corrected chi connectivity index (χ0v) is 13.9. The van der Waals surface area contributed by atoms with Crippen molar-refractivity contribution in [3.05, 3.63) is 11.5 Å². The van der Waals surface area contributed by atoms with Gasteiger partial charge in [0.1, 0.15) is 11.3 Å². The summed E-state index contributed by atoms with van der Waals surface area (Å²) in [5, 5.41) is 4.49. The van der Waals surface area contributed by atoms with E-state index >= 15 is 0 Å². The van der Waals surface area contributed by atoms with E-state index in [-0.39, 0.29) is 10.9 Å². The minimum Gasteiger partial charge on any atom is -0.381 e. The number of hydrogen-bond acceptors (Lipinski definition) is 3. The molecule has 2 aromatic heterocycles. The van der Waals surface area contributed by atoms with E-state index in [1.807, 2.05) is 18.7 Å². The van der Waals surface area contributed by atoms with Crippen LogP contribution in [0.5, 0.6) is 0 Å². The van der Waals surface area contributed by atoms with Crippen LogP contribution in [0.4, 0.5) is 0 Å². The second-order valence-corrected chi connectivity index (χ2v) is 6.78. The Morgan fingerprint density at radius 3 is 2.62 bits per heavy atom. The van der Waals surface area contributed by atoms with E-state index in [1.54, 1.807) is 0 Å². The average molecular weight is 311 g/mol.